The van der Waals surface area contributed by atoms with Crippen LogP contribution in [0.5, 0.6) is 0 Å². The van der Waals surface area contributed by atoms with Gasteiger partial charge in [0.25, 0.3) is 10.0 Å². The van der Waals surface area contributed by atoms with Crippen molar-refractivity contribution in [1.82, 2.24) is 19.9 Å². The van der Waals surface area contributed by atoms with Crippen molar-refractivity contribution in [2.45, 2.75) is 4.90 Å². The SMILES string of the molecule is O=S(=O)(Nc1cc(-c2ccc3ncnc(N4CCOCC4)c3n2)cnc1Cl)c1ccc(F)cc1F. The molecule has 1 aliphatic rings. The molecule has 13 heteroatoms. The van der Waals surface area contributed by atoms with Gasteiger partial charge in [0.2, 0.25) is 0 Å². The lowest BCUT2D eigenvalue weighted by Gasteiger charge is -2.28. The topological polar surface area (TPSA) is 110 Å². The lowest BCUT2D eigenvalue weighted by Crippen LogP contribution is -2.37. The molecule has 9 nitrogen and oxygen atoms in total. The van der Waals surface area contributed by atoms with Gasteiger partial charge in [0.05, 0.1) is 30.1 Å². The van der Waals surface area contributed by atoms with Gasteiger partial charge in [-0.15, -0.1) is 0 Å². The Labute approximate surface area is 203 Å². The van der Waals surface area contributed by atoms with Crippen molar-refractivity contribution in [3.8, 4) is 11.3 Å². The zero-order chi connectivity index (χ0) is 24.6. The maximum atomic E-state index is 14.1. The van der Waals surface area contributed by atoms with Crippen LogP contribution in [0.2, 0.25) is 5.15 Å². The normalized spacial score (nSPS) is 14.3. The number of aromatic nitrogens is 4. The number of pyridine rings is 2. The van der Waals surface area contributed by atoms with E-state index in [4.69, 9.17) is 21.3 Å². The summed E-state index contributed by atoms with van der Waals surface area (Å²) in [7, 11) is -4.41. The maximum absolute atomic E-state index is 14.1. The summed E-state index contributed by atoms with van der Waals surface area (Å²) in [6.45, 7) is 2.47. The van der Waals surface area contributed by atoms with E-state index in [2.05, 4.69) is 24.6 Å². The number of rotatable bonds is 5. The number of hydrogen-bond acceptors (Lipinski definition) is 8. The number of fused-ring (bicyclic) bond motifs is 1. The van der Waals surface area contributed by atoms with E-state index in [1.807, 2.05) is 0 Å². The smallest absolute Gasteiger partial charge is 0.264 e. The Morgan fingerprint density at radius 2 is 1.83 bits per heavy atom. The fourth-order valence-electron chi connectivity index (χ4n) is 3.65. The number of halogens is 3. The van der Waals surface area contributed by atoms with E-state index in [0.29, 0.717) is 60.5 Å². The third-order valence-electron chi connectivity index (χ3n) is 5.34. The summed E-state index contributed by atoms with van der Waals surface area (Å²) in [5.41, 5.74) is 2.04. The Morgan fingerprint density at radius 3 is 2.60 bits per heavy atom. The minimum absolute atomic E-state index is 0.0903. The van der Waals surface area contributed by atoms with Crippen LogP contribution in [0.15, 0.2) is 53.8 Å². The first kappa shape index (κ1) is 23.3. The summed E-state index contributed by atoms with van der Waals surface area (Å²) in [5.74, 6) is -1.47. The van der Waals surface area contributed by atoms with Crippen molar-refractivity contribution in [3.63, 3.8) is 0 Å². The largest absolute Gasteiger partial charge is 0.378 e. The molecule has 4 aromatic rings. The van der Waals surface area contributed by atoms with Crippen LogP contribution < -0.4 is 9.62 Å². The van der Waals surface area contributed by atoms with Crippen LogP contribution in [0, 0.1) is 11.6 Å². The van der Waals surface area contributed by atoms with Crippen molar-refractivity contribution < 1.29 is 21.9 Å². The van der Waals surface area contributed by atoms with Crippen LogP contribution in [0.25, 0.3) is 22.3 Å². The zero-order valence-electron chi connectivity index (χ0n) is 18.0. The molecule has 0 unspecified atom stereocenters. The van der Waals surface area contributed by atoms with Crippen molar-refractivity contribution >= 4 is 44.2 Å². The van der Waals surface area contributed by atoms with Gasteiger partial charge in [-0.05, 0) is 30.3 Å². The second-order valence-electron chi connectivity index (χ2n) is 7.60. The van der Waals surface area contributed by atoms with Gasteiger partial charge in [-0.25, -0.2) is 37.1 Å². The molecule has 1 aromatic carbocycles. The molecule has 3 aromatic heterocycles. The van der Waals surface area contributed by atoms with Gasteiger partial charge in [0.15, 0.2) is 11.0 Å². The molecule has 0 amide bonds. The van der Waals surface area contributed by atoms with Crippen molar-refractivity contribution in [2.24, 2.45) is 0 Å². The summed E-state index contributed by atoms with van der Waals surface area (Å²) in [6, 6.07) is 7.08. The summed E-state index contributed by atoms with van der Waals surface area (Å²) in [4.78, 5) is 18.8. The van der Waals surface area contributed by atoms with Crippen LogP contribution in [-0.2, 0) is 14.8 Å². The predicted octanol–water partition coefficient (Wildman–Crippen LogP) is 3.66. The molecule has 180 valence electrons. The minimum atomic E-state index is -4.41. The van der Waals surface area contributed by atoms with Crippen LogP contribution in [0.1, 0.15) is 0 Å². The van der Waals surface area contributed by atoms with Crippen LogP contribution in [0.3, 0.4) is 0 Å². The Morgan fingerprint density at radius 1 is 1.03 bits per heavy atom. The van der Waals surface area contributed by atoms with E-state index >= 15 is 0 Å². The zero-order valence-corrected chi connectivity index (χ0v) is 19.5. The van der Waals surface area contributed by atoms with Crippen LogP contribution in [0.4, 0.5) is 20.3 Å². The molecule has 0 radical (unpaired) electrons. The van der Waals surface area contributed by atoms with E-state index in [-0.39, 0.29) is 10.8 Å². The van der Waals surface area contributed by atoms with Gasteiger partial charge >= 0.3 is 0 Å². The Bertz CT molecular complexity index is 1530. The number of ether oxygens (including phenoxy) is 1. The number of sulfonamides is 1. The summed E-state index contributed by atoms with van der Waals surface area (Å²) in [5, 5.41) is -0.155. The first-order valence-electron chi connectivity index (χ1n) is 10.4. The molecule has 0 spiro atoms. The number of nitrogens with one attached hydrogen (secondary N) is 1. The predicted molar refractivity (Wildman–Crippen MR) is 126 cm³/mol. The van der Waals surface area contributed by atoms with Gasteiger partial charge in [0.1, 0.15) is 28.4 Å². The average Bonchev–Trinajstić information content (AvgIpc) is 2.85. The highest BCUT2D eigenvalue weighted by atomic mass is 35.5. The second-order valence-corrected chi connectivity index (χ2v) is 9.61. The maximum Gasteiger partial charge on any atom is 0.264 e. The number of morpholine rings is 1. The first-order chi connectivity index (χ1) is 16.8. The van der Waals surface area contributed by atoms with E-state index in [0.717, 1.165) is 12.1 Å². The lowest BCUT2D eigenvalue weighted by atomic mass is 10.1. The molecule has 1 aliphatic heterocycles. The lowest BCUT2D eigenvalue weighted by molar-refractivity contribution is 0.122. The molecule has 5 rings (SSSR count). The average molecular weight is 519 g/mol. The minimum Gasteiger partial charge on any atom is -0.378 e. The fraction of sp³-hybridized carbons (Fsp3) is 0.182. The highest BCUT2D eigenvalue weighted by Crippen LogP contribution is 2.30. The van der Waals surface area contributed by atoms with Crippen LogP contribution >= 0.6 is 11.6 Å². The molecular formula is C22H17ClF2N6O3S. The molecular weight excluding hydrogens is 502 g/mol. The van der Waals surface area contributed by atoms with E-state index in [1.54, 1.807) is 12.1 Å². The third-order valence-corrected chi connectivity index (χ3v) is 7.04. The van der Waals surface area contributed by atoms with Crippen LogP contribution in [-0.4, -0.2) is 54.7 Å². The molecule has 1 fully saturated rings. The van der Waals surface area contributed by atoms with Gasteiger partial charge in [0, 0.05) is 30.9 Å². The number of nitrogens with zero attached hydrogens (tertiary/aromatic N) is 5. The van der Waals surface area contributed by atoms with Crippen molar-refractivity contribution in [1.29, 1.82) is 0 Å². The molecule has 35 heavy (non-hydrogen) atoms. The summed E-state index contributed by atoms with van der Waals surface area (Å²) >= 11 is 6.11. The molecule has 0 bridgehead atoms. The fourth-order valence-corrected chi connectivity index (χ4v) is 4.97. The standard InChI is InChI=1S/C22H17ClF2N6O3S/c23-21-18(30-35(32,33)19-4-1-14(24)10-15(19)25)9-13(11-26-21)16-2-3-17-20(29-16)22(28-12-27-17)31-5-7-34-8-6-31/h1-4,9-12,30H,5-8H2. The van der Waals surface area contributed by atoms with Gasteiger partial charge in [-0.2, -0.15) is 0 Å². The van der Waals surface area contributed by atoms with E-state index in [9.17, 15) is 17.2 Å². The Balaban J connectivity index is 1.52. The van der Waals surface area contributed by atoms with Gasteiger partial charge in [-0.3, -0.25) is 4.72 Å². The molecule has 1 N–H and O–H groups in total. The molecule has 4 heterocycles. The first-order valence-corrected chi connectivity index (χ1v) is 12.3. The summed E-state index contributed by atoms with van der Waals surface area (Å²) < 4.78 is 60.4. The van der Waals surface area contributed by atoms with Crippen molar-refractivity contribution in [2.75, 3.05) is 35.9 Å². The van der Waals surface area contributed by atoms with E-state index < -0.39 is 26.6 Å². The molecule has 1 saturated heterocycles. The monoisotopic (exact) mass is 518 g/mol. The van der Waals surface area contributed by atoms with E-state index in [1.165, 1.54) is 18.6 Å². The number of benzene rings is 1. The second kappa shape index (κ2) is 9.29. The number of anilines is 2. The molecule has 0 atom stereocenters. The van der Waals surface area contributed by atoms with Gasteiger partial charge in [-0.1, -0.05) is 11.6 Å². The Kier molecular flexibility index (Phi) is 6.17. The number of hydrogen-bond donors (Lipinski definition) is 1. The highest BCUT2D eigenvalue weighted by molar-refractivity contribution is 7.92. The Hall–Kier alpha value is -3.48. The quantitative estimate of drug-likeness (QED) is 0.399. The highest BCUT2D eigenvalue weighted by Gasteiger charge is 2.22. The van der Waals surface area contributed by atoms with Crippen molar-refractivity contribution in [3.05, 3.63) is 65.7 Å². The third kappa shape index (κ3) is 4.72. The molecule has 0 aliphatic carbocycles. The van der Waals surface area contributed by atoms with Gasteiger partial charge < -0.3 is 9.64 Å². The summed E-state index contributed by atoms with van der Waals surface area (Å²) in [6.07, 6.45) is 2.91. The molecule has 0 saturated carbocycles.